The Hall–Kier alpha value is -4.11. The molecule has 0 amide bonds. The summed E-state index contributed by atoms with van der Waals surface area (Å²) >= 11 is 7.32. The summed E-state index contributed by atoms with van der Waals surface area (Å²) in [5, 5.41) is 16.3. The summed E-state index contributed by atoms with van der Waals surface area (Å²) in [6, 6.07) is 6.44. The number of nitrogens with zero attached hydrogens (tertiary/aromatic N) is 4. The van der Waals surface area contributed by atoms with Crippen molar-refractivity contribution < 1.29 is 28.1 Å². The van der Waals surface area contributed by atoms with Gasteiger partial charge >= 0.3 is 6.01 Å². The molecule has 2 N–H and O–H groups in total. The molecule has 0 saturated carbocycles. The van der Waals surface area contributed by atoms with Crippen LogP contribution >= 0.6 is 11.6 Å². The van der Waals surface area contributed by atoms with Gasteiger partial charge in [-0.15, -0.1) is 6.42 Å². The first-order valence-electron chi connectivity index (χ1n) is 16.5. The van der Waals surface area contributed by atoms with Gasteiger partial charge in [-0.2, -0.15) is 9.97 Å². The number of terminal acetylenes is 1. The first-order chi connectivity index (χ1) is 23.3. The molecule has 5 aliphatic heterocycles. The molecular formula is C36H34ClF2N5O4. The molecule has 5 atom stereocenters. The third-order valence-electron chi connectivity index (χ3n) is 11.1. The minimum atomic E-state index is -0.896. The Morgan fingerprint density at radius 2 is 2.10 bits per heavy atom. The zero-order valence-electron chi connectivity index (χ0n) is 26.4. The van der Waals surface area contributed by atoms with E-state index < -0.39 is 17.5 Å². The summed E-state index contributed by atoms with van der Waals surface area (Å²) in [6.45, 7) is 2.54. The summed E-state index contributed by atoms with van der Waals surface area (Å²) in [5.41, 5.74) is 0.733. The number of alkyl halides is 1. The number of benzene rings is 3. The number of rotatable bonds is 5. The van der Waals surface area contributed by atoms with Gasteiger partial charge in [-0.1, -0.05) is 23.6 Å². The molecule has 4 fully saturated rings. The second-order valence-corrected chi connectivity index (χ2v) is 14.1. The lowest BCUT2D eigenvalue weighted by molar-refractivity contribution is 0.107. The lowest BCUT2D eigenvalue weighted by Crippen LogP contribution is -2.60. The van der Waals surface area contributed by atoms with Crippen molar-refractivity contribution in [2.24, 2.45) is 0 Å². The van der Waals surface area contributed by atoms with Gasteiger partial charge in [-0.3, -0.25) is 4.90 Å². The highest BCUT2D eigenvalue weighted by atomic mass is 35.5. The van der Waals surface area contributed by atoms with Crippen LogP contribution in [-0.4, -0.2) is 89.8 Å². The standard InChI is InChI=1S/C36H34ClF2N5O4/c1-3-22-24(39)7-5-18-11-21(45)12-23(27(18)22)28-30(37)32-29-31(33(28)46-2)41-35(48-17-36-9-4-10-43(36)14-19(38)13-36)42-34(29)44-15-20-6-8-25(40-20)26(44)16-47-32/h1,5,7,11-12,19-20,25-26,40,45H,4,6,8-10,13-17H2,2H3. The smallest absolute Gasteiger partial charge is 0.319 e. The molecule has 2 bridgehead atoms. The predicted octanol–water partition coefficient (Wildman–Crippen LogP) is 5.59. The first-order valence-corrected chi connectivity index (χ1v) is 16.9. The van der Waals surface area contributed by atoms with Crippen LogP contribution in [0.2, 0.25) is 5.02 Å². The summed E-state index contributed by atoms with van der Waals surface area (Å²) in [7, 11) is 1.51. The normalized spacial score (nSPS) is 27.4. The van der Waals surface area contributed by atoms with Crippen molar-refractivity contribution in [3.05, 3.63) is 40.7 Å². The van der Waals surface area contributed by atoms with Crippen molar-refractivity contribution in [1.82, 2.24) is 20.2 Å². The Labute approximate surface area is 281 Å². The molecule has 12 heteroatoms. The first kappa shape index (κ1) is 30.0. The number of hydrogen-bond donors (Lipinski definition) is 2. The van der Waals surface area contributed by atoms with E-state index in [1.165, 1.54) is 25.3 Å². The number of piperazine rings is 1. The van der Waals surface area contributed by atoms with Crippen LogP contribution in [0.25, 0.3) is 32.8 Å². The van der Waals surface area contributed by atoms with E-state index in [4.69, 9.17) is 42.2 Å². The number of ether oxygens (including phenoxy) is 3. The van der Waals surface area contributed by atoms with Gasteiger partial charge in [0.1, 0.15) is 42.3 Å². The maximum atomic E-state index is 15.2. The molecule has 5 unspecified atom stereocenters. The van der Waals surface area contributed by atoms with Crippen LogP contribution in [0, 0.1) is 18.2 Å². The van der Waals surface area contributed by atoms with Gasteiger partial charge in [0, 0.05) is 42.5 Å². The summed E-state index contributed by atoms with van der Waals surface area (Å²) < 4.78 is 48.9. The average molecular weight is 674 g/mol. The molecule has 6 heterocycles. The second-order valence-electron chi connectivity index (χ2n) is 13.7. The zero-order valence-corrected chi connectivity index (χ0v) is 27.1. The van der Waals surface area contributed by atoms with Crippen LogP contribution in [0.15, 0.2) is 24.3 Å². The van der Waals surface area contributed by atoms with Crippen molar-refractivity contribution in [2.45, 2.75) is 61.9 Å². The van der Waals surface area contributed by atoms with Gasteiger partial charge in [0.25, 0.3) is 0 Å². The van der Waals surface area contributed by atoms with Crippen LogP contribution < -0.4 is 24.4 Å². The van der Waals surface area contributed by atoms with E-state index in [1.54, 1.807) is 6.07 Å². The maximum Gasteiger partial charge on any atom is 0.319 e. The number of hydrogen-bond acceptors (Lipinski definition) is 9. The average Bonchev–Trinajstić information content (AvgIpc) is 3.70. The molecule has 3 aromatic carbocycles. The van der Waals surface area contributed by atoms with E-state index in [1.807, 2.05) is 0 Å². The van der Waals surface area contributed by atoms with E-state index in [0.717, 1.165) is 32.2 Å². The Morgan fingerprint density at radius 1 is 1.23 bits per heavy atom. The monoisotopic (exact) mass is 673 g/mol. The van der Waals surface area contributed by atoms with Crippen molar-refractivity contribution >= 4 is 39.1 Å². The highest BCUT2D eigenvalue weighted by molar-refractivity contribution is 6.38. The molecule has 4 saturated heterocycles. The fourth-order valence-corrected chi connectivity index (χ4v) is 9.34. The lowest BCUT2D eigenvalue weighted by Gasteiger charge is -2.40. The Bertz CT molecular complexity index is 2060. The minimum absolute atomic E-state index is 0.0298. The van der Waals surface area contributed by atoms with E-state index >= 15 is 4.39 Å². The summed E-state index contributed by atoms with van der Waals surface area (Å²) in [5.74, 6) is 3.11. The third-order valence-corrected chi connectivity index (χ3v) is 11.4. The largest absolute Gasteiger partial charge is 0.508 e. The van der Waals surface area contributed by atoms with E-state index in [-0.39, 0.29) is 46.8 Å². The topological polar surface area (TPSA) is 92.2 Å². The molecule has 248 valence electrons. The maximum absolute atomic E-state index is 15.2. The highest BCUT2D eigenvalue weighted by Gasteiger charge is 2.50. The summed E-state index contributed by atoms with van der Waals surface area (Å²) in [6.07, 6.45) is 9.24. The Balaban J connectivity index is 1.29. The van der Waals surface area contributed by atoms with Gasteiger partial charge in [0.2, 0.25) is 0 Å². The molecule has 0 aliphatic carbocycles. The lowest BCUT2D eigenvalue weighted by atomic mass is 9.92. The molecule has 9 nitrogen and oxygen atoms in total. The molecule has 0 spiro atoms. The number of fused-ring (bicyclic) bond motifs is 7. The number of methoxy groups -OCH3 is 1. The quantitative estimate of drug-likeness (QED) is 0.263. The van der Waals surface area contributed by atoms with Gasteiger partial charge in [0.05, 0.1) is 34.7 Å². The van der Waals surface area contributed by atoms with Crippen molar-refractivity contribution in [3.8, 4) is 46.7 Å². The van der Waals surface area contributed by atoms with Crippen molar-refractivity contribution in [3.63, 3.8) is 0 Å². The number of nitrogens with one attached hydrogen (secondary N) is 1. The van der Waals surface area contributed by atoms with Crippen LogP contribution in [-0.2, 0) is 0 Å². The van der Waals surface area contributed by atoms with E-state index in [2.05, 4.69) is 21.0 Å². The van der Waals surface area contributed by atoms with E-state index in [9.17, 15) is 9.50 Å². The summed E-state index contributed by atoms with van der Waals surface area (Å²) in [4.78, 5) is 14.4. The molecule has 5 aliphatic rings. The fourth-order valence-electron chi connectivity index (χ4n) is 9.01. The number of phenolic OH excluding ortho intramolecular Hbond substituents is 1. The Morgan fingerprint density at radius 3 is 2.94 bits per heavy atom. The Kier molecular flexibility index (Phi) is 6.84. The minimum Gasteiger partial charge on any atom is -0.508 e. The van der Waals surface area contributed by atoms with Gasteiger partial charge in [0.15, 0.2) is 11.5 Å². The molecule has 4 aromatic rings. The number of aromatic nitrogens is 2. The third kappa shape index (κ3) is 4.35. The number of anilines is 1. The van der Waals surface area contributed by atoms with Crippen molar-refractivity contribution in [1.29, 1.82) is 0 Å². The SMILES string of the molecule is C#Cc1c(F)ccc2cc(O)cc(-c3c(Cl)c4c5c(nc(OCC67CCCN6CC(F)C7)nc5c3OC)N3CC5CCC(N5)C3CO4)c12. The van der Waals surface area contributed by atoms with Gasteiger partial charge < -0.3 is 29.5 Å². The van der Waals surface area contributed by atoms with Crippen LogP contribution in [0.5, 0.6) is 23.3 Å². The fraction of sp³-hybridized carbons (Fsp3) is 0.444. The van der Waals surface area contributed by atoms with Gasteiger partial charge in [-0.25, -0.2) is 8.78 Å². The molecular weight excluding hydrogens is 640 g/mol. The van der Waals surface area contributed by atoms with Gasteiger partial charge in [-0.05, 0) is 61.4 Å². The molecule has 9 rings (SSSR count). The molecule has 48 heavy (non-hydrogen) atoms. The second kappa shape index (κ2) is 11.0. The van der Waals surface area contributed by atoms with Crippen molar-refractivity contribution in [2.75, 3.05) is 44.9 Å². The highest BCUT2D eigenvalue weighted by Crippen LogP contribution is 2.54. The van der Waals surface area contributed by atoms with Crippen LogP contribution in [0.4, 0.5) is 14.6 Å². The molecule has 1 aromatic heterocycles. The zero-order chi connectivity index (χ0) is 32.9. The number of halogens is 3. The van der Waals surface area contributed by atoms with E-state index in [0.29, 0.717) is 76.5 Å². The van der Waals surface area contributed by atoms with Crippen LogP contribution in [0.1, 0.15) is 37.7 Å². The number of aromatic hydroxyl groups is 1. The predicted molar refractivity (Wildman–Crippen MR) is 179 cm³/mol. The number of phenols is 1. The van der Waals surface area contributed by atoms with Crippen LogP contribution in [0.3, 0.4) is 0 Å². The molecule has 0 radical (unpaired) electrons.